The monoisotopic (exact) mass is 211 g/mol. The predicted octanol–water partition coefficient (Wildman–Crippen LogP) is 1.32. The molecule has 0 heterocycles. The Bertz CT molecular complexity index is 180. The minimum absolute atomic E-state index is 0. The number of alkyl halides is 1. The molecule has 0 aliphatic heterocycles. The van der Waals surface area contributed by atoms with E-state index >= 15 is 0 Å². The fraction of sp³-hybridized carbons (Fsp3) is 0.875. The number of nitrogens with zero attached hydrogens (tertiary/aromatic N) is 1. The van der Waals surface area contributed by atoms with Gasteiger partial charge in [0.2, 0.25) is 0 Å². The molecule has 0 aromatic heterocycles. The lowest BCUT2D eigenvalue weighted by molar-refractivity contribution is -0.138. The highest BCUT2D eigenvalue weighted by Gasteiger charge is 2.30. The van der Waals surface area contributed by atoms with Gasteiger partial charge in [-0.1, -0.05) is 0 Å². The van der Waals surface area contributed by atoms with Crippen LogP contribution >= 0.6 is 12.4 Å². The van der Waals surface area contributed by atoms with Crippen LogP contribution < -0.4 is 0 Å². The lowest BCUT2D eigenvalue weighted by Crippen LogP contribution is -2.38. The van der Waals surface area contributed by atoms with Crippen LogP contribution in [-0.4, -0.2) is 41.8 Å². The van der Waals surface area contributed by atoms with Gasteiger partial charge in [-0.05, 0) is 26.3 Å². The number of rotatable bonds is 3. The van der Waals surface area contributed by atoms with Gasteiger partial charge in [0, 0.05) is 6.04 Å². The number of halogens is 2. The van der Waals surface area contributed by atoms with E-state index in [2.05, 4.69) is 0 Å². The van der Waals surface area contributed by atoms with Gasteiger partial charge >= 0.3 is 5.97 Å². The van der Waals surface area contributed by atoms with Crippen LogP contribution in [0.25, 0.3) is 0 Å². The molecule has 1 aliphatic rings. The highest BCUT2D eigenvalue weighted by atomic mass is 35.5. The average molecular weight is 212 g/mol. The van der Waals surface area contributed by atoms with Crippen LogP contribution in [0.5, 0.6) is 0 Å². The van der Waals surface area contributed by atoms with E-state index in [0.29, 0.717) is 6.42 Å². The summed E-state index contributed by atoms with van der Waals surface area (Å²) >= 11 is 0. The molecule has 0 spiro atoms. The van der Waals surface area contributed by atoms with Gasteiger partial charge in [0.1, 0.15) is 6.17 Å². The normalized spacial score (nSPS) is 27.3. The van der Waals surface area contributed by atoms with Crippen molar-refractivity contribution in [3.63, 3.8) is 0 Å². The number of hydrogen-bond donors (Lipinski definition) is 1. The van der Waals surface area contributed by atoms with Crippen LogP contribution in [0.15, 0.2) is 0 Å². The molecule has 13 heavy (non-hydrogen) atoms. The molecule has 0 amide bonds. The zero-order valence-electron chi connectivity index (χ0n) is 7.57. The van der Waals surface area contributed by atoms with Gasteiger partial charge < -0.3 is 5.11 Å². The number of carboxylic acid groups (broad SMARTS) is 1. The minimum atomic E-state index is -0.892. The second kappa shape index (κ2) is 5.40. The van der Waals surface area contributed by atoms with E-state index < -0.39 is 12.1 Å². The van der Waals surface area contributed by atoms with Gasteiger partial charge in [-0.3, -0.25) is 9.69 Å². The number of likely N-dealkylation sites (N-methyl/N-ethyl adjacent to an activating group) is 1. The summed E-state index contributed by atoms with van der Waals surface area (Å²) < 4.78 is 13.1. The first-order valence-electron chi connectivity index (χ1n) is 4.17. The summed E-state index contributed by atoms with van der Waals surface area (Å²) in [4.78, 5) is 11.9. The Morgan fingerprint density at radius 2 is 2.23 bits per heavy atom. The van der Waals surface area contributed by atoms with E-state index in [-0.39, 0.29) is 25.0 Å². The van der Waals surface area contributed by atoms with Crippen LogP contribution in [0.4, 0.5) is 4.39 Å². The fourth-order valence-electron chi connectivity index (χ4n) is 1.72. The quantitative estimate of drug-likeness (QED) is 0.766. The Hall–Kier alpha value is -0.350. The van der Waals surface area contributed by atoms with E-state index in [4.69, 9.17) is 5.11 Å². The summed E-state index contributed by atoms with van der Waals surface area (Å²) in [6.07, 6.45) is 1.39. The van der Waals surface area contributed by atoms with E-state index in [1.807, 2.05) is 0 Å². The van der Waals surface area contributed by atoms with E-state index in [1.54, 1.807) is 11.9 Å². The summed E-state index contributed by atoms with van der Waals surface area (Å²) in [6, 6.07) is -0.180. The van der Waals surface area contributed by atoms with Crippen molar-refractivity contribution in [1.82, 2.24) is 4.90 Å². The van der Waals surface area contributed by atoms with Crippen molar-refractivity contribution in [2.24, 2.45) is 0 Å². The highest BCUT2D eigenvalue weighted by molar-refractivity contribution is 5.85. The van der Waals surface area contributed by atoms with Gasteiger partial charge in [0.25, 0.3) is 0 Å². The Morgan fingerprint density at radius 3 is 2.62 bits per heavy atom. The maximum atomic E-state index is 13.1. The number of aliphatic carboxylic acids is 1. The molecule has 3 nitrogen and oxygen atoms in total. The standard InChI is InChI=1S/C8H14FNO2.ClH/c1-10(5-8(11)12)7-4-2-3-6(7)9;/h6-7H,2-5H2,1H3,(H,11,12);1H/t6-,7-;/m1./s1. The summed E-state index contributed by atoms with van der Waals surface area (Å²) in [5, 5.41) is 8.47. The molecular formula is C8H15ClFNO2. The fourth-order valence-corrected chi connectivity index (χ4v) is 1.72. The summed E-state index contributed by atoms with van der Waals surface area (Å²) in [7, 11) is 1.66. The van der Waals surface area contributed by atoms with E-state index in [1.165, 1.54) is 0 Å². The molecule has 1 fully saturated rings. The molecule has 0 unspecified atom stereocenters. The third-order valence-electron chi connectivity index (χ3n) is 2.35. The van der Waals surface area contributed by atoms with Crippen LogP contribution in [0.3, 0.4) is 0 Å². The number of carbonyl (C=O) groups is 1. The third kappa shape index (κ3) is 3.48. The topological polar surface area (TPSA) is 40.5 Å². The number of hydrogen-bond acceptors (Lipinski definition) is 2. The summed E-state index contributed by atoms with van der Waals surface area (Å²) in [6.45, 7) is -0.0644. The van der Waals surface area contributed by atoms with Gasteiger partial charge in [0.15, 0.2) is 0 Å². The van der Waals surface area contributed by atoms with Gasteiger partial charge in [-0.15, -0.1) is 12.4 Å². The molecule has 78 valence electrons. The molecule has 2 atom stereocenters. The lowest BCUT2D eigenvalue weighted by Gasteiger charge is -2.23. The molecule has 0 saturated heterocycles. The molecule has 0 radical (unpaired) electrons. The van der Waals surface area contributed by atoms with Crippen molar-refractivity contribution in [1.29, 1.82) is 0 Å². The molecule has 0 aromatic rings. The molecule has 1 N–H and O–H groups in total. The molecule has 0 bridgehead atoms. The Morgan fingerprint density at radius 1 is 1.62 bits per heavy atom. The zero-order valence-corrected chi connectivity index (χ0v) is 8.39. The first-order valence-corrected chi connectivity index (χ1v) is 4.17. The zero-order chi connectivity index (χ0) is 9.14. The Kier molecular flexibility index (Phi) is 5.25. The third-order valence-corrected chi connectivity index (χ3v) is 2.35. The number of carboxylic acids is 1. The van der Waals surface area contributed by atoms with Crippen LogP contribution in [-0.2, 0) is 4.79 Å². The maximum absolute atomic E-state index is 13.1. The van der Waals surface area contributed by atoms with Crippen molar-refractivity contribution in [3.05, 3.63) is 0 Å². The Balaban J connectivity index is 0.00000144. The van der Waals surface area contributed by atoms with E-state index in [0.717, 1.165) is 12.8 Å². The largest absolute Gasteiger partial charge is 0.480 e. The van der Waals surface area contributed by atoms with Gasteiger partial charge in [-0.25, -0.2) is 4.39 Å². The van der Waals surface area contributed by atoms with Crippen molar-refractivity contribution in [3.8, 4) is 0 Å². The predicted molar refractivity (Wildman–Crippen MR) is 50.0 cm³/mol. The molecule has 1 rings (SSSR count). The summed E-state index contributed by atoms with van der Waals surface area (Å²) in [5.41, 5.74) is 0. The molecule has 5 heteroatoms. The van der Waals surface area contributed by atoms with Crippen molar-refractivity contribution < 1.29 is 14.3 Å². The van der Waals surface area contributed by atoms with Crippen LogP contribution in [0.1, 0.15) is 19.3 Å². The maximum Gasteiger partial charge on any atom is 0.317 e. The first kappa shape index (κ1) is 12.7. The highest BCUT2D eigenvalue weighted by Crippen LogP contribution is 2.25. The molecule has 1 saturated carbocycles. The van der Waals surface area contributed by atoms with Crippen LogP contribution in [0.2, 0.25) is 0 Å². The molecule has 0 aromatic carbocycles. The second-order valence-corrected chi connectivity index (χ2v) is 3.32. The molecule has 1 aliphatic carbocycles. The lowest BCUT2D eigenvalue weighted by atomic mass is 10.2. The second-order valence-electron chi connectivity index (χ2n) is 3.32. The summed E-state index contributed by atoms with van der Waals surface area (Å²) in [5.74, 6) is -0.892. The van der Waals surface area contributed by atoms with E-state index in [9.17, 15) is 9.18 Å². The van der Waals surface area contributed by atoms with Crippen molar-refractivity contribution in [2.75, 3.05) is 13.6 Å². The average Bonchev–Trinajstić information content (AvgIpc) is 2.33. The van der Waals surface area contributed by atoms with Crippen molar-refractivity contribution in [2.45, 2.75) is 31.5 Å². The van der Waals surface area contributed by atoms with Gasteiger partial charge in [-0.2, -0.15) is 0 Å². The van der Waals surface area contributed by atoms with Crippen molar-refractivity contribution >= 4 is 18.4 Å². The van der Waals surface area contributed by atoms with Gasteiger partial charge in [0.05, 0.1) is 6.54 Å². The molecular weight excluding hydrogens is 197 g/mol. The SMILES string of the molecule is CN(CC(=O)O)[C@@H]1CCC[C@H]1F.Cl. The Labute approximate surface area is 83.3 Å². The van der Waals surface area contributed by atoms with Crippen LogP contribution in [0, 0.1) is 0 Å². The minimum Gasteiger partial charge on any atom is -0.480 e. The first-order chi connectivity index (χ1) is 5.61. The smallest absolute Gasteiger partial charge is 0.317 e.